The second kappa shape index (κ2) is 12.7. The summed E-state index contributed by atoms with van der Waals surface area (Å²) in [7, 11) is 0. The van der Waals surface area contributed by atoms with Crippen molar-refractivity contribution in [2.45, 2.75) is 72.6 Å². The van der Waals surface area contributed by atoms with Crippen LogP contribution in [0.4, 0.5) is 5.69 Å². The van der Waals surface area contributed by atoms with Gasteiger partial charge >= 0.3 is 0 Å². The highest BCUT2D eigenvalue weighted by Crippen LogP contribution is 2.29. The molecule has 0 unspecified atom stereocenters. The van der Waals surface area contributed by atoms with Crippen LogP contribution < -0.4 is 10.9 Å². The Labute approximate surface area is 191 Å². The third-order valence-electron chi connectivity index (χ3n) is 5.43. The van der Waals surface area contributed by atoms with Crippen LogP contribution in [0.2, 0.25) is 0 Å². The van der Waals surface area contributed by atoms with Crippen LogP contribution in [0.5, 0.6) is 5.75 Å². The SMILES string of the molecule is CCCCCc1[nH]c(=O)c(NC(=O)c2ccccc2)c(O)c1C/C=C(\C)CCC=C(C)C. The molecular formula is C27H36N2O3. The molecule has 0 atom stereocenters. The van der Waals surface area contributed by atoms with Crippen molar-refractivity contribution in [2.75, 3.05) is 5.32 Å². The molecule has 3 N–H and O–H groups in total. The van der Waals surface area contributed by atoms with E-state index in [4.69, 9.17) is 0 Å². The number of aromatic hydroxyl groups is 1. The standard InChI is InChI=1S/C27H36N2O3/c1-5-6-8-16-23-22(18-17-20(4)13-11-12-19(2)3)25(30)24(27(32)28-23)29-26(31)21-14-9-7-10-15-21/h7,9-10,12,14-15,17H,5-6,8,11,13,16,18H2,1-4H3,(H,29,31)(H2,28,30,32)/b20-17+. The number of carbonyl (C=O) groups is 1. The Morgan fingerprint density at radius 3 is 2.47 bits per heavy atom. The van der Waals surface area contributed by atoms with Gasteiger partial charge in [-0.15, -0.1) is 0 Å². The molecule has 5 heteroatoms. The lowest BCUT2D eigenvalue weighted by Gasteiger charge is -2.15. The zero-order valence-electron chi connectivity index (χ0n) is 19.8. The molecule has 1 aromatic carbocycles. The number of aromatic nitrogens is 1. The van der Waals surface area contributed by atoms with Crippen molar-refractivity contribution < 1.29 is 9.90 Å². The highest BCUT2D eigenvalue weighted by molar-refractivity contribution is 6.04. The zero-order chi connectivity index (χ0) is 23.5. The number of amides is 1. The van der Waals surface area contributed by atoms with Gasteiger partial charge in [-0.3, -0.25) is 9.59 Å². The second-order valence-corrected chi connectivity index (χ2v) is 8.49. The van der Waals surface area contributed by atoms with Gasteiger partial charge < -0.3 is 15.4 Å². The van der Waals surface area contributed by atoms with Crippen LogP contribution in [0.1, 0.15) is 81.4 Å². The highest BCUT2D eigenvalue weighted by atomic mass is 16.3. The van der Waals surface area contributed by atoms with E-state index in [1.165, 1.54) is 11.1 Å². The Bertz CT molecular complexity index is 1010. The van der Waals surface area contributed by atoms with E-state index < -0.39 is 11.5 Å². The van der Waals surface area contributed by atoms with Crippen LogP contribution >= 0.6 is 0 Å². The largest absolute Gasteiger partial charge is 0.505 e. The number of aromatic amines is 1. The van der Waals surface area contributed by atoms with E-state index >= 15 is 0 Å². The van der Waals surface area contributed by atoms with Crippen LogP contribution in [-0.2, 0) is 12.8 Å². The van der Waals surface area contributed by atoms with Crippen molar-refractivity contribution in [3.05, 3.63) is 80.8 Å². The summed E-state index contributed by atoms with van der Waals surface area (Å²) < 4.78 is 0. The van der Waals surface area contributed by atoms with E-state index in [0.29, 0.717) is 24.0 Å². The van der Waals surface area contributed by atoms with Gasteiger partial charge in [0, 0.05) is 16.8 Å². The van der Waals surface area contributed by atoms with Gasteiger partial charge in [0.15, 0.2) is 0 Å². The minimum absolute atomic E-state index is 0.0938. The summed E-state index contributed by atoms with van der Waals surface area (Å²) in [6.45, 7) is 8.38. The fourth-order valence-electron chi connectivity index (χ4n) is 3.52. The number of rotatable bonds is 11. The van der Waals surface area contributed by atoms with E-state index in [1.807, 2.05) is 6.07 Å². The summed E-state index contributed by atoms with van der Waals surface area (Å²) in [4.78, 5) is 28.2. The van der Waals surface area contributed by atoms with E-state index in [2.05, 4.69) is 50.1 Å². The average Bonchev–Trinajstić information content (AvgIpc) is 2.76. The molecule has 0 radical (unpaired) electrons. The number of hydrogen-bond acceptors (Lipinski definition) is 3. The number of aryl methyl sites for hydroxylation is 1. The van der Waals surface area contributed by atoms with Gasteiger partial charge in [0.05, 0.1) is 0 Å². The maximum Gasteiger partial charge on any atom is 0.275 e. The third kappa shape index (κ3) is 7.56. The Balaban J connectivity index is 2.33. The summed E-state index contributed by atoms with van der Waals surface area (Å²) in [5, 5.41) is 13.6. The second-order valence-electron chi connectivity index (χ2n) is 8.49. The quantitative estimate of drug-likeness (QED) is 0.285. The molecule has 0 fully saturated rings. The topological polar surface area (TPSA) is 82.2 Å². The lowest BCUT2D eigenvalue weighted by atomic mass is 10.0. The molecule has 5 nitrogen and oxygen atoms in total. The Kier molecular flexibility index (Phi) is 9.99. The number of benzene rings is 1. The predicted octanol–water partition coefficient (Wildman–Crippen LogP) is 6.30. The summed E-state index contributed by atoms with van der Waals surface area (Å²) in [5.41, 5.74) is 3.79. The van der Waals surface area contributed by atoms with Gasteiger partial charge in [0.25, 0.3) is 11.5 Å². The normalized spacial score (nSPS) is 11.3. The van der Waals surface area contributed by atoms with E-state index in [9.17, 15) is 14.7 Å². The molecule has 2 aromatic rings. The molecule has 0 spiro atoms. The first-order valence-electron chi connectivity index (χ1n) is 11.5. The Morgan fingerprint density at radius 2 is 1.81 bits per heavy atom. The minimum Gasteiger partial charge on any atom is -0.505 e. The number of hydrogen-bond donors (Lipinski definition) is 3. The van der Waals surface area contributed by atoms with Crippen LogP contribution in [0.3, 0.4) is 0 Å². The lowest BCUT2D eigenvalue weighted by Crippen LogP contribution is -2.22. The number of carbonyl (C=O) groups excluding carboxylic acids is 1. The minimum atomic E-state index is -0.480. The number of allylic oxidation sites excluding steroid dienone is 4. The molecule has 0 bridgehead atoms. The van der Waals surface area contributed by atoms with Gasteiger partial charge in [-0.1, -0.05) is 61.3 Å². The van der Waals surface area contributed by atoms with Gasteiger partial charge in [0.2, 0.25) is 0 Å². The summed E-state index contributed by atoms with van der Waals surface area (Å²) in [6, 6.07) is 8.66. The number of nitrogens with one attached hydrogen (secondary N) is 2. The van der Waals surface area contributed by atoms with Crippen LogP contribution in [0.25, 0.3) is 0 Å². The molecule has 0 aliphatic heterocycles. The average molecular weight is 437 g/mol. The summed E-state index contributed by atoms with van der Waals surface area (Å²) in [6.07, 6.45) is 10.5. The fraction of sp³-hybridized carbons (Fsp3) is 0.407. The van der Waals surface area contributed by atoms with E-state index in [1.54, 1.807) is 24.3 Å². The van der Waals surface area contributed by atoms with Crippen LogP contribution in [-0.4, -0.2) is 16.0 Å². The molecule has 1 aromatic heterocycles. The molecule has 2 rings (SSSR count). The van der Waals surface area contributed by atoms with E-state index in [-0.39, 0.29) is 11.4 Å². The number of unbranched alkanes of at least 4 members (excludes halogenated alkanes) is 2. The van der Waals surface area contributed by atoms with Crippen molar-refractivity contribution >= 4 is 11.6 Å². The van der Waals surface area contributed by atoms with Crippen molar-refractivity contribution in [3.8, 4) is 5.75 Å². The van der Waals surface area contributed by atoms with Crippen molar-refractivity contribution in [2.24, 2.45) is 0 Å². The molecular weight excluding hydrogens is 400 g/mol. The fourth-order valence-corrected chi connectivity index (χ4v) is 3.52. The molecule has 1 heterocycles. The smallest absolute Gasteiger partial charge is 0.275 e. The Hall–Kier alpha value is -3.08. The van der Waals surface area contributed by atoms with Gasteiger partial charge in [0.1, 0.15) is 11.4 Å². The van der Waals surface area contributed by atoms with Crippen LogP contribution in [0, 0.1) is 0 Å². The number of pyridine rings is 1. The molecule has 0 aliphatic rings. The third-order valence-corrected chi connectivity index (χ3v) is 5.43. The first kappa shape index (κ1) is 25.2. The molecule has 0 saturated carbocycles. The first-order valence-corrected chi connectivity index (χ1v) is 11.5. The highest BCUT2D eigenvalue weighted by Gasteiger charge is 2.19. The molecule has 172 valence electrons. The maximum absolute atomic E-state index is 12.7. The zero-order valence-corrected chi connectivity index (χ0v) is 19.8. The summed E-state index contributed by atoms with van der Waals surface area (Å²) in [5.74, 6) is -0.567. The van der Waals surface area contributed by atoms with Crippen molar-refractivity contribution in [1.82, 2.24) is 4.98 Å². The van der Waals surface area contributed by atoms with E-state index in [0.717, 1.165) is 37.8 Å². The molecule has 1 amide bonds. The number of H-pyrrole nitrogens is 1. The lowest BCUT2D eigenvalue weighted by molar-refractivity contribution is 0.102. The molecule has 0 saturated heterocycles. The monoisotopic (exact) mass is 436 g/mol. The van der Waals surface area contributed by atoms with Crippen molar-refractivity contribution in [3.63, 3.8) is 0 Å². The summed E-state index contributed by atoms with van der Waals surface area (Å²) >= 11 is 0. The van der Waals surface area contributed by atoms with Gasteiger partial charge in [-0.05, 0) is 65.0 Å². The number of anilines is 1. The maximum atomic E-state index is 12.7. The molecule has 0 aliphatic carbocycles. The Morgan fingerprint density at radius 1 is 1.09 bits per heavy atom. The first-order chi connectivity index (χ1) is 15.3. The van der Waals surface area contributed by atoms with Gasteiger partial charge in [-0.2, -0.15) is 0 Å². The van der Waals surface area contributed by atoms with Crippen molar-refractivity contribution in [1.29, 1.82) is 0 Å². The van der Waals surface area contributed by atoms with Crippen LogP contribution in [0.15, 0.2) is 58.4 Å². The predicted molar refractivity (Wildman–Crippen MR) is 132 cm³/mol. The van der Waals surface area contributed by atoms with Gasteiger partial charge in [-0.25, -0.2) is 0 Å². The molecule has 32 heavy (non-hydrogen) atoms.